The SMILES string of the molecule is C=CC1=C(O)N[C@H](/C=c2/[nH]/c(=C\C3=C(CCC(=O)O)C(C)[C@]4(N3)NC4=C3NC(=O)[C@H](C)[C@H]3CCS)c(CCC(=O)O)c2C)C1C. The zero-order valence-corrected chi connectivity index (χ0v) is 27.0. The van der Waals surface area contributed by atoms with Gasteiger partial charge in [-0.2, -0.15) is 12.6 Å². The zero-order chi connectivity index (χ0) is 32.8. The molecule has 5 rings (SSSR count). The number of aliphatic carboxylic acids is 2. The molecular formula is C33H43N5O6S. The van der Waals surface area contributed by atoms with Crippen molar-refractivity contribution in [3.8, 4) is 0 Å². The molecule has 8 N–H and O–H groups in total. The number of hydrogen-bond acceptors (Lipinski definition) is 8. The number of carbonyl (C=O) groups excluding carboxylic acids is 1. The van der Waals surface area contributed by atoms with Gasteiger partial charge in [0, 0.05) is 64.2 Å². The van der Waals surface area contributed by atoms with Crippen LogP contribution in [-0.4, -0.2) is 55.6 Å². The second-order valence-electron chi connectivity index (χ2n) is 12.5. The topological polar surface area (TPSA) is 186 Å². The Hall–Kier alpha value is -4.06. The van der Waals surface area contributed by atoms with E-state index in [2.05, 4.69) is 45.5 Å². The first-order chi connectivity index (χ1) is 21.3. The fraction of sp³-hybridized carbons (Fsp3) is 0.485. The van der Waals surface area contributed by atoms with Gasteiger partial charge in [-0.1, -0.05) is 33.4 Å². The molecule has 5 heterocycles. The Morgan fingerprint density at radius 3 is 2.36 bits per heavy atom. The number of carboxylic acid groups (broad SMARTS) is 2. The molecule has 4 aliphatic rings. The van der Waals surface area contributed by atoms with Gasteiger partial charge < -0.3 is 41.6 Å². The van der Waals surface area contributed by atoms with Crippen LogP contribution in [0.5, 0.6) is 0 Å². The van der Waals surface area contributed by atoms with Crippen molar-refractivity contribution < 1.29 is 29.7 Å². The fourth-order valence-electron chi connectivity index (χ4n) is 7.13. The van der Waals surface area contributed by atoms with Crippen LogP contribution >= 0.6 is 12.6 Å². The molecule has 2 saturated heterocycles. The van der Waals surface area contributed by atoms with Gasteiger partial charge in [0.1, 0.15) is 0 Å². The average Bonchev–Trinajstić information content (AvgIpc) is 3.27. The molecule has 242 valence electrons. The Kier molecular flexibility index (Phi) is 8.90. The standard InChI is InChI=1S/C33H43N5O6S/c1-6-19-15(2)24(35-32(19)44)13-23-16(3)20(7-9-27(39)40)25(34-23)14-26-22(8-10-28(41)42)18(5)33(37-26)30(38-33)29-21(11-12-45)17(4)31(43)36-29/h6,13-15,17-18,21,24,34-35,37-38,44-45H,1,7-12H2,2-5H3,(H,36,43)(H,39,40)(H,41,42)/b23-13+,25-14-,30-29?/t15?,17-,18?,21-,24-,33+/m1/s1. The summed E-state index contributed by atoms with van der Waals surface area (Å²) >= 11 is 4.42. The van der Waals surface area contributed by atoms with E-state index in [1.807, 2.05) is 39.8 Å². The average molecular weight is 638 g/mol. The molecule has 1 aromatic heterocycles. The number of hydrogen-bond donors (Lipinski definition) is 9. The lowest BCUT2D eigenvalue weighted by Crippen LogP contribution is -2.35. The minimum Gasteiger partial charge on any atom is -0.495 e. The Balaban J connectivity index is 1.58. The summed E-state index contributed by atoms with van der Waals surface area (Å²) in [5.74, 6) is -1.40. The summed E-state index contributed by atoms with van der Waals surface area (Å²) < 4.78 is 0. The highest BCUT2D eigenvalue weighted by Crippen LogP contribution is 2.50. The van der Waals surface area contributed by atoms with Crippen LogP contribution in [0.4, 0.5) is 0 Å². The maximum atomic E-state index is 12.6. The van der Waals surface area contributed by atoms with E-state index in [1.165, 1.54) is 0 Å². The molecule has 0 aliphatic carbocycles. The summed E-state index contributed by atoms with van der Waals surface area (Å²) in [6.45, 7) is 11.7. The molecule has 45 heavy (non-hydrogen) atoms. The van der Waals surface area contributed by atoms with Crippen LogP contribution < -0.4 is 32.0 Å². The Morgan fingerprint density at radius 2 is 1.73 bits per heavy atom. The van der Waals surface area contributed by atoms with Crippen molar-refractivity contribution >= 4 is 42.6 Å². The number of thiol groups is 1. The highest BCUT2D eigenvalue weighted by Gasteiger charge is 2.61. The third kappa shape index (κ3) is 5.87. The molecule has 6 atom stereocenters. The number of aromatic amines is 1. The number of aromatic nitrogens is 1. The summed E-state index contributed by atoms with van der Waals surface area (Å²) in [5, 5.41) is 44.3. The highest BCUT2D eigenvalue weighted by molar-refractivity contribution is 7.80. The number of aliphatic hydroxyl groups excluding tert-OH is 1. The van der Waals surface area contributed by atoms with Crippen LogP contribution in [0.25, 0.3) is 12.2 Å². The smallest absolute Gasteiger partial charge is 0.303 e. The number of nitrogens with one attached hydrogen (secondary N) is 5. The van der Waals surface area contributed by atoms with Gasteiger partial charge in [0.25, 0.3) is 0 Å². The van der Waals surface area contributed by atoms with Gasteiger partial charge in [-0.25, -0.2) is 0 Å². The summed E-state index contributed by atoms with van der Waals surface area (Å²) in [7, 11) is 0. The van der Waals surface area contributed by atoms with E-state index >= 15 is 0 Å². The lowest BCUT2D eigenvalue weighted by molar-refractivity contribution is -0.138. The fourth-order valence-corrected chi connectivity index (χ4v) is 7.40. The number of H-pyrrole nitrogens is 1. The van der Waals surface area contributed by atoms with Crippen LogP contribution in [0.1, 0.15) is 57.6 Å². The van der Waals surface area contributed by atoms with E-state index < -0.39 is 17.6 Å². The molecule has 12 heteroatoms. The molecule has 2 unspecified atom stereocenters. The van der Waals surface area contributed by atoms with Gasteiger partial charge in [-0.3, -0.25) is 14.4 Å². The lowest BCUT2D eigenvalue weighted by Gasteiger charge is -2.16. The molecule has 0 radical (unpaired) electrons. The minimum atomic E-state index is -0.905. The normalized spacial score (nSPS) is 31.4. The van der Waals surface area contributed by atoms with Gasteiger partial charge in [-0.05, 0) is 60.8 Å². The molecule has 2 fully saturated rings. The number of rotatable bonds is 11. The lowest BCUT2D eigenvalue weighted by atomic mass is 9.88. The maximum Gasteiger partial charge on any atom is 0.303 e. The third-order valence-corrected chi connectivity index (χ3v) is 10.2. The predicted molar refractivity (Wildman–Crippen MR) is 174 cm³/mol. The molecule has 4 aliphatic heterocycles. The van der Waals surface area contributed by atoms with Crippen LogP contribution in [-0.2, 0) is 20.8 Å². The Morgan fingerprint density at radius 1 is 1.04 bits per heavy atom. The van der Waals surface area contributed by atoms with Gasteiger partial charge in [0.15, 0.2) is 11.5 Å². The van der Waals surface area contributed by atoms with Crippen molar-refractivity contribution in [1.29, 1.82) is 0 Å². The van der Waals surface area contributed by atoms with E-state index in [0.717, 1.165) is 56.5 Å². The predicted octanol–water partition coefficient (Wildman–Crippen LogP) is 2.04. The Labute approximate surface area is 267 Å². The number of carboxylic acids is 2. The molecule has 11 nitrogen and oxygen atoms in total. The van der Waals surface area contributed by atoms with Gasteiger partial charge >= 0.3 is 11.9 Å². The van der Waals surface area contributed by atoms with Gasteiger partial charge in [-0.15, -0.1) is 0 Å². The molecule has 0 aromatic carbocycles. The number of aliphatic hydroxyl groups is 1. The monoisotopic (exact) mass is 637 g/mol. The molecule has 1 aromatic rings. The molecule has 1 amide bonds. The van der Waals surface area contributed by atoms with Crippen molar-refractivity contribution in [3.63, 3.8) is 0 Å². The van der Waals surface area contributed by atoms with Crippen molar-refractivity contribution in [3.05, 3.63) is 68.6 Å². The van der Waals surface area contributed by atoms with Gasteiger partial charge in [0.05, 0.1) is 11.7 Å². The molecule has 0 saturated carbocycles. The first kappa shape index (κ1) is 32.3. The quantitative estimate of drug-likeness (QED) is 0.129. The first-order valence-corrected chi connectivity index (χ1v) is 16.1. The molecule has 0 bridgehead atoms. The van der Waals surface area contributed by atoms with Crippen molar-refractivity contribution in [2.45, 2.75) is 71.5 Å². The van der Waals surface area contributed by atoms with E-state index in [1.54, 1.807) is 6.08 Å². The van der Waals surface area contributed by atoms with Crippen LogP contribution in [0.3, 0.4) is 0 Å². The van der Waals surface area contributed by atoms with Crippen molar-refractivity contribution in [2.24, 2.45) is 23.7 Å². The van der Waals surface area contributed by atoms with Crippen LogP contribution in [0.2, 0.25) is 0 Å². The summed E-state index contributed by atoms with van der Waals surface area (Å²) in [6.07, 6.45) is 6.86. The van der Waals surface area contributed by atoms with Crippen LogP contribution in [0.15, 0.2) is 46.8 Å². The molecule has 1 spiro atoms. The second kappa shape index (κ2) is 12.4. The second-order valence-corrected chi connectivity index (χ2v) is 13.0. The highest BCUT2D eigenvalue weighted by atomic mass is 32.1. The molecular weight excluding hydrogens is 594 g/mol. The Bertz CT molecular complexity index is 1670. The summed E-state index contributed by atoms with van der Waals surface area (Å²) in [4.78, 5) is 39.4. The van der Waals surface area contributed by atoms with E-state index in [4.69, 9.17) is 0 Å². The van der Waals surface area contributed by atoms with E-state index in [9.17, 15) is 29.7 Å². The number of allylic oxidation sites excluding steroid dienone is 3. The summed E-state index contributed by atoms with van der Waals surface area (Å²) in [5.41, 5.74) is 5.29. The number of carbonyl (C=O) groups is 3. The largest absolute Gasteiger partial charge is 0.495 e. The van der Waals surface area contributed by atoms with Crippen molar-refractivity contribution in [1.82, 2.24) is 26.3 Å². The minimum absolute atomic E-state index is 0.00951. The third-order valence-electron chi connectivity index (χ3n) is 9.97. The first-order valence-electron chi connectivity index (χ1n) is 15.4. The zero-order valence-electron chi connectivity index (χ0n) is 26.1. The van der Waals surface area contributed by atoms with E-state index in [-0.39, 0.29) is 54.3 Å². The van der Waals surface area contributed by atoms with Crippen LogP contribution in [0, 0.1) is 30.6 Å². The number of amides is 1. The van der Waals surface area contributed by atoms with Crippen molar-refractivity contribution in [2.75, 3.05) is 5.75 Å². The van der Waals surface area contributed by atoms with Gasteiger partial charge in [0.2, 0.25) is 5.91 Å². The van der Waals surface area contributed by atoms with E-state index in [0.29, 0.717) is 18.6 Å². The maximum absolute atomic E-state index is 12.6. The summed E-state index contributed by atoms with van der Waals surface area (Å²) in [6, 6.07) is -0.201.